The third-order valence-corrected chi connectivity index (χ3v) is 11.5. The third-order valence-electron chi connectivity index (χ3n) is 7.06. The topological polar surface area (TPSA) is 82.8 Å². The van der Waals surface area contributed by atoms with E-state index in [-0.39, 0.29) is 17.6 Å². The van der Waals surface area contributed by atoms with Crippen molar-refractivity contribution in [2.24, 2.45) is 5.73 Å². The molecule has 0 radical (unpaired) electrons. The summed E-state index contributed by atoms with van der Waals surface area (Å²) in [6.07, 6.45) is 2.76. The van der Waals surface area contributed by atoms with Crippen molar-refractivity contribution in [1.82, 2.24) is 5.32 Å². The summed E-state index contributed by atoms with van der Waals surface area (Å²) in [7, 11) is -1.77. The van der Waals surface area contributed by atoms with Crippen molar-refractivity contribution in [3.05, 3.63) is 59.2 Å². The average molecular weight is 529 g/mol. The molecule has 0 aliphatic rings. The molecular weight excluding hydrogens is 480 g/mol. The van der Waals surface area contributed by atoms with Crippen molar-refractivity contribution < 1.29 is 18.7 Å². The Morgan fingerprint density at radius 2 is 1.65 bits per heavy atom. The van der Waals surface area contributed by atoms with E-state index in [1.807, 2.05) is 0 Å². The predicted molar refractivity (Wildman–Crippen MR) is 155 cm³/mol. The summed E-state index contributed by atoms with van der Waals surface area (Å²) in [5.41, 5.74) is 11.7. The highest BCUT2D eigenvalue weighted by Crippen LogP contribution is 2.37. The summed E-state index contributed by atoms with van der Waals surface area (Å²) >= 11 is 0. The smallest absolute Gasteiger partial charge is 0.245 e. The maximum absolute atomic E-state index is 12.0. The van der Waals surface area contributed by atoms with E-state index in [4.69, 9.17) is 19.6 Å². The van der Waals surface area contributed by atoms with Gasteiger partial charge in [-0.1, -0.05) is 70.2 Å². The molecule has 2 aromatic carbocycles. The van der Waals surface area contributed by atoms with E-state index in [0.717, 1.165) is 19.3 Å². The van der Waals surface area contributed by atoms with Gasteiger partial charge in [0.1, 0.15) is 6.61 Å². The Kier molecular flexibility index (Phi) is 13.0. The van der Waals surface area contributed by atoms with Crippen LogP contribution in [0.2, 0.25) is 18.1 Å². The first-order chi connectivity index (χ1) is 17.6. The van der Waals surface area contributed by atoms with E-state index in [1.54, 1.807) is 0 Å². The Hall–Kier alpha value is -2.03. The fraction of sp³-hybridized carbons (Fsp3) is 0.567. The van der Waals surface area contributed by atoms with Crippen LogP contribution in [0, 0.1) is 0 Å². The average Bonchev–Trinajstić information content (AvgIpc) is 2.87. The number of hydrogen-bond acceptors (Lipinski definition) is 5. The Morgan fingerprint density at radius 1 is 0.973 bits per heavy atom. The molecule has 0 bridgehead atoms. The molecule has 0 saturated heterocycles. The molecule has 0 spiro atoms. The molecule has 2 aromatic rings. The van der Waals surface area contributed by atoms with E-state index < -0.39 is 8.32 Å². The zero-order valence-electron chi connectivity index (χ0n) is 23.8. The molecule has 0 saturated carbocycles. The maximum atomic E-state index is 12.0. The highest BCUT2D eigenvalue weighted by molar-refractivity contribution is 6.74. The second kappa shape index (κ2) is 15.4. The number of amides is 1. The first-order valence-corrected chi connectivity index (χ1v) is 16.5. The summed E-state index contributed by atoms with van der Waals surface area (Å²) < 4.78 is 17.0. The van der Waals surface area contributed by atoms with Crippen molar-refractivity contribution in [1.29, 1.82) is 0 Å². The molecule has 37 heavy (non-hydrogen) atoms. The van der Waals surface area contributed by atoms with Crippen molar-refractivity contribution in [2.45, 2.75) is 71.7 Å². The molecule has 7 heteroatoms. The van der Waals surface area contributed by atoms with Crippen molar-refractivity contribution in [2.75, 3.05) is 39.5 Å². The third kappa shape index (κ3) is 10.7. The van der Waals surface area contributed by atoms with Crippen LogP contribution < -0.4 is 11.1 Å². The first-order valence-electron chi connectivity index (χ1n) is 13.5. The van der Waals surface area contributed by atoms with Gasteiger partial charge in [0.25, 0.3) is 0 Å². The van der Waals surface area contributed by atoms with E-state index in [9.17, 15) is 4.79 Å². The lowest BCUT2D eigenvalue weighted by molar-refractivity contribution is -0.126. The van der Waals surface area contributed by atoms with Gasteiger partial charge in [-0.2, -0.15) is 0 Å². The Labute approximate surface area is 225 Å². The van der Waals surface area contributed by atoms with Crippen molar-refractivity contribution >= 4 is 14.2 Å². The molecule has 0 aliphatic carbocycles. The quantitative estimate of drug-likeness (QED) is 0.223. The zero-order valence-corrected chi connectivity index (χ0v) is 24.8. The molecule has 6 nitrogen and oxygen atoms in total. The van der Waals surface area contributed by atoms with Crippen LogP contribution in [-0.2, 0) is 38.1 Å². The SMILES string of the molecule is CCc1ccc(-c2ccc(CO[Si](C)(C)C(C)(C)C)cc2)c(CCCNC(=O)COCCOCCN)c1. The number of carbonyl (C=O) groups is 1. The minimum Gasteiger partial charge on any atom is -0.413 e. The molecule has 1 amide bonds. The van der Waals surface area contributed by atoms with Crippen LogP contribution in [-0.4, -0.2) is 53.7 Å². The number of carbonyl (C=O) groups excluding carboxylic acids is 1. The van der Waals surface area contributed by atoms with E-state index in [1.165, 1.54) is 27.8 Å². The lowest BCUT2D eigenvalue weighted by atomic mass is 9.93. The van der Waals surface area contributed by atoms with Gasteiger partial charge in [0, 0.05) is 13.1 Å². The fourth-order valence-corrected chi connectivity index (χ4v) is 4.60. The zero-order chi connectivity index (χ0) is 27.3. The molecule has 0 fully saturated rings. The van der Waals surface area contributed by atoms with Gasteiger partial charge in [-0.15, -0.1) is 0 Å². The summed E-state index contributed by atoms with van der Waals surface area (Å²) in [5, 5.41) is 3.15. The van der Waals surface area contributed by atoms with Crippen molar-refractivity contribution in [3.8, 4) is 11.1 Å². The maximum Gasteiger partial charge on any atom is 0.245 e. The van der Waals surface area contributed by atoms with Crippen LogP contribution in [0.1, 0.15) is 50.8 Å². The lowest BCUT2D eigenvalue weighted by Crippen LogP contribution is -2.40. The summed E-state index contributed by atoms with van der Waals surface area (Å²) in [4.78, 5) is 12.0. The van der Waals surface area contributed by atoms with Gasteiger partial charge in [-0.3, -0.25) is 4.79 Å². The number of rotatable bonds is 16. The molecule has 2 rings (SSSR count). The number of ether oxygens (including phenoxy) is 2. The normalized spacial score (nSPS) is 12.1. The molecule has 0 heterocycles. The monoisotopic (exact) mass is 528 g/mol. The number of nitrogens with two attached hydrogens (primary N) is 1. The Morgan fingerprint density at radius 3 is 2.30 bits per heavy atom. The highest BCUT2D eigenvalue weighted by Gasteiger charge is 2.37. The van der Waals surface area contributed by atoms with E-state index in [0.29, 0.717) is 39.5 Å². The molecule has 3 N–H and O–H groups in total. The fourth-order valence-electron chi connectivity index (χ4n) is 3.64. The number of hydrogen-bond donors (Lipinski definition) is 2. The molecule has 0 unspecified atom stereocenters. The molecule has 0 aromatic heterocycles. The molecule has 0 aliphatic heterocycles. The molecule has 0 atom stereocenters. The minimum atomic E-state index is -1.77. The second-order valence-electron chi connectivity index (χ2n) is 11.0. The van der Waals surface area contributed by atoms with E-state index in [2.05, 4.69) is 88.6 Å². The van der Waals surface area contributed by atoms with Gasteiger partial charge in [-0.25, -0.2) is 0 Å². The van der Waals surface area contributed by atoms with Crippen LogP contribution in [0.4, 0.5) is 0 Å². The standard InChI is InChI=1S/C30H48N2O4Si/c1-7-24-12-15-28(26-13-10-25(11-14-26)22-36-37(5,6)30(2,3)4)27(21-24)9-8-17-32-29(33)23-35-20-19-34-18-16-31/h10-15,21H,7-9,16-20,22-23,31H2,1-6H3,(H,32,33). The van der Waals surface area contributed by atoms with E-state index >= 15 is 0 Å². The summed E-state index contributed by atoms with van der Waals surface area (Å²) in [5.74, 6) is -0.100. The first kappa shape index (κ1) is 31.2. The highest BCUT2D eigenvalue weighted by atomic mass is 28.4. The van der Waals surface area contributed by atoms with Crippen LogP contribution >= 0.6 is 0 Å². The van der Waals surface area contributed by atoms with Crippen LogP contribution in [0.15, 0.2) is 42.5 Å². The van der Waals surface area contributed by atoms with Gasteiger partial charge in [0.2, 0.25) is 5.91 Å². The van der Waals surface area contributed by atoms with Crippen LogP contribution in [0.3, 0.4) is 0 Å². The van der Waals surface area contributed by atoms with Gasteiger partial charge >= 0.3 is 0 Å². The lowest BCUT2D eigenvalue weighted by Gasteiger charge is -2.36. The largest absolute Gasteiger partial charge is 0.413 e. The van der Waals surface area contributed by atoms with Crippen LogP contribution in [0.5, 0.6) is 0 Å². The second-order valence-corrected chi connectivity index (χ2v) is 15.8. The predicted octanol–water partition coefficient (Wildman–Crippen LogP) is 5.48. The molecule has 206 valence electrons. The van der Waals surface area contributed by atoms with Gasteiger partial charge < -0.3 is 25.0 Å². The Balaban J connectivity index is 1.91. The van der Waals surface area contributed by atoms with Gasteiger partial charge in [-0.05, 0) is 65.2 Å². The van der Waals surface area contributed by atoms with Gasteiger partial charge in [0.15, 0.2) is 8.32 Å². The Bertz CT molecular complexity index is 955. The minimum absolute atomic E-state index is 0.0496. The number of nitrogens with one attached hydrogen (secondary N) is 1. The summed E-state index contributed by atoms with van der Waals surface area (Å²) in [6.45, 7) is 16.7. The van der Waals surface area contributed by atoms with Crippen molar-refractivity contribution in [3.63, 3.8) is 0 Å². The van der Waals surface area contributed by atoms with Gasteiger partial charge in [0.05, 0.1) is 26.4 Å². The van der Waals surface area contributed by atoms with Crippen LogP contribution in [0.25, 0.3) is 11.1 Å². The molecular formula is C30H48N2O4Si. The number of benzene rings is 2. The number of aryl methyl sites for hydroxylation is 2. The summed E-state index contributed by atoms with van der Waals surface area (Å²) in [6, 6.07) is 15.5.